The number of guanidine groups is 1. The third-order valence-corrected chi connectivity index (χ3v) is 3.51. The fraction of sp³-hybridized carbons (Fsp3) is 0.368. The number of aromatic nitrogens is 1. The van der Waals surface area contributed by atoms with Crippen LogP contribution in [0.5, 0.6) is 5.75 Å². The summed E-state index contributed by atoms with van der Waals surface area (Å²) in [6, 6.07) is 10.4. The Morgan fingerprint density at radius 2 is 1.84 bits per heavy atom. The van der Waals surface area contributed by atoms with Crippen LogP contribution in [-0.2, 0) is 6.42 Å². The van der Waals surface area contributed by atoms with E-state index in [1.165, 1.54) is 16.7 Å². The lowest BCUT2D eigenvalue weighted by Crippen LogP contribution is -2.40. The summed E-state index contributed by atoms with van der Waals surface area (Å²) in [5.74, 6) is 1.56. The Morgan fingerprint density at radius 3 is 2.48 bits per heavy atom. The number of pyridine rings is 1. The van der Waals surface area contributed by atoms with Gasteiger partial charge in [0.2, 0.25) is 0 Å². The summed E-state index contributed by atoms with van der Waals surface area (Å²) < 4.78 is 5.59. The van der Waals surface area contributed by atoms with Crippen LogP contribution in [0.4, 0.5) is 0 Å². The Bertz CT molecular complexity index is 641. The molecule has 0 fully saturated rings. The lowest BCUT2D eigenvalue weighted by atomic mass is 10.1. The molecule has 0 atom stereocenters. The van der Waals surface area contributed by atoms with Crippen LogP contribution in [0.15, 0.2) is 47.7 Å². The van der Waals surface area contributed by atoms with Crippen LogP contribution in [0.2, 0.25) is 0 Å². The third kappa shape index (κ3) is 8.20. The van der Waals surface area contributed by atoms with Crippen molar-refractivity contribution in [3.05, 3.63) is 59.4 Å². The van der Waals surface area contributed by atoms with E-state index >= 15 is 0 Å². The maximum absolute atomic E-state index is 5.59. The maximum atomic E-state index is 5.59. The monoisotopic (exact) mass is 454 g/mol. The van der Waals surface area contributed by atoms with E-state index in [1.807, 2.05) is 12.1 Å². The zero-order valence-corrected chi connectivity index (χ0v) is 17.4. The van der Waals surface area contributed by atoms with Gasteiger partial charge >= 0.3 is 0 Å². The van der Waals surface area contributed by atoms with Gasteiger partial charge in [0.1, 0.15) is 12.4 Å². The van der Waals surface area contributed by atoms with Gasteiger partial charge in [0, 0.05) is 19.8 Å². The summed E-state index contributed by atoms with van der Waals surface area (Å²) in [7, 11) is 1.77. The maximum Gasteiger partial charge on any atom is 0.191 e. The fourth-order valence-electron chi connectivity index (χ4n) is 2.53. The molecule has 5 nitrogen and oxygen atoms in total. The van der Waals surface area contributed by atoms with Crippen molar-refractivity contribution in [1.82, 2.24) is 15.6 Å². The molecule has 2 aromatic rings. The van der Waals surface area contributed by atoms with Crippen LogP contribution in [-0.4, -0.2) is 37.7 Å². The van der Waals surface area contributed by atoms with Gasteiger partial charge < -0.3 is 15.4 Å². The van der Waals surface area contributed by atoms with Gasteiger partial charge in [-0.05, 0) is 38.0 Å². The Hall–Kier alpha value is -1.83. The average Bonchev–Trinajstić information content (AvgIpc) is 2.57. The van der Waals surface area contributed by atoms with Crippen LogP contribution < -0.4 is 15.4 Å². The van der Waals surface area contributed by atoms with E-state index in [-0.39, 0.29) is 24.0 Å². The molecule has 0 aliphatic carbocycles. The molecule has 0 aliphatic rings. The van der Waals surface area contributed by atoms with Crippen LogP contribution >= 0.6 is 24.0 Å². The number of hydrogen-bond donors (Lipinski definition) is 2. The van der Waals surface area contributed by atoms with E-state index in [9.17, 15) is 0 Å². The number of hydrogen-bond acceptors (Lipinski definition) is 3. The molecular weight excluding hydrogens is 427 g/mol. The van der Waals surface area contributed by atoms with Gasteiger partial charge in [-0.15, -0.1) is 24.0 Å². The Kier molecular flexibility index (Phi) is 9.91. The molecule has 1 aromatic heterocycles. The highest BCUT2D eigenvalue weighted by Gasteiger charge is 2.00. The van der Waals surface area contributed by atoms with Gasteiger partial charge in [0.05, 0.1) is 12.7 Å². The van der Waals surface area contributed by atoms with Crippen molar-refractivity contribution >= 4 is 29.9 Å². The van der Waals surface area contributed by atoms with E-state index < -0.39 is 0 Å². The summed E-state index contributed by atoms with van der Waals surface area (Å²) >= 11 is 0. The minimum Gasteiger partial charge on any atom is -0.490 e. The summed E-state index contributed by atoms with van der Waals surface area (Å²) in [5.41, 5.74) is 3.95. The minimum atomic E-state index is 0. The van der Waals surface area contributed by atoms with Gasteiger partial charge in [0.15, 0.2) is 5.96 Å². The number of rotatable bonds is 7. The highest BCUT2D eigenvalue weighted by atomic mass is 127. The highest BCUT2D eigenvalue weighted by Crippen LogP contribution is 2.09. The van der Waals surface area contributed by atoms with Crippen LogP contribution in [0.3, 0.4) is 0 Å². The first kappa shape index (κ1) is 21.2. The molecule has 0 saturated heterocycles. The second-order valence-electron chi connectivity index (χ2n) is 5.71. The lowest BCUT2D eigenvalue weighted by Gasteiger charge is -2.13. The number of aryl methyl sites for hydroxylation is 2. The minimum absolute atomic E-state index is 0. The van der Waals surface area contributed by atoms with E-state index in [0.29, 0.717) is 13.2 Å². The van der Waals surface area contributed by atoms with Gasteiger partial charge in [-0.1, -0.05) is 29.3 Å². The van der Waals surface area contributed by atoms with Gasteiger partial charge in [0.25, 0.3) is 0 Å². The smallest absolute Gasteiger partial charge is 0.191 e. The molecule has 136 valence electrons. The largest absolute Gasteiger partial charge is 0.490 e. The number of nitrogens with one attached hydrogen (secondary N) is 2. The molecule has 2 N–H and O–H groups in total. The quantitative estimate of drug-likeness (QED) is 0.292. The van der Waals surface area contributed by atoms with E-state index in [2.05, 4.69) is 52.7 Å². The van der Waals surface area contributed by atoms with E-state index in [4.69, 9.17) is 4.74 Å². The third-order valence-electron chi connectivity index (χ3n) is 3.51. The van der Waals surface area contributed by atoms with Crippen molar-refractivity contribution in [3.8, 4) is 5.75 Å². The molecule has 1 heterocycles. The van der Waals surface area contributed by atoms with Gasteiger partial charge in [-0.2, -0.15) is 0 Å². The van der Waals surface area contributed by atoms with Gasteiger partial charge in [-0.3, -0.25) is 9.98 Å². The molecule has 2 rings (SSSR count). The van der Waals surface area contributed by atoms with Crippen molar-refractivity contribution in [1.29, 1.82) is 0 Å². The summed E-state index contributed by atoms with van der Waals surface area (Å²) in [6.07, 6.45) is 4.40. The zero-order chi connectivity index (χ0) is 17.2. The predicted molar refractivity (Wildman–Crippen MR) is 114 cm³/mol. The van der Waals surface area contributed by atoms with E-state index in [0.717, 1.165) is 24.7 Å². The Balaban J connectivity index is 0.00000312. The second kappa shape index (κ2) is 11.7. The average molecular weight is 454 g/mol. The molecule has 0 aliphatic heterocycles. The first-order valence-corrected chi connectivity index (χ1v) is 8.22. The first-order chi connectivity index (χ1) is 11.7. The normalized spacial score (nSPS) is 10.8. The second-order valence-corrected chi connectivity index (χ2v) is 5.71. The molecule has 0 saturated carbocycles. The molecule has 0 amide bonds. The number of aliphatic imine (C=N–C) groups is 1. The molecule has 6 heteroatoms. The van der Waals surface area contributed by atoms with Gasteiger partial charge in [-0.25, -0.2) is 0 Å². The molecule has 0 unspecified atom stereocenters. The first-order valence-electron chi connectivity index (χ1n) is 8.22. The van der Waals surface area contributed by atoms with Crippen molar-refractivity contribution < 1.29 is 4.74 Å². The van der Waals surface area contributed by atoms with Crippen molar-refractivity contribution in [2.24, 2.45) is 4.99 Å². The van der Waals surface area contributed by atoms with Crippen molar-refractivity contribution in [2.75, 3.05) is 26.7 Å². The standard InChI is InChI=1S/C19H26N4O.HI/c1-15-11-16(2)13-17(12-15)6-8-22-19(20-3)23-9-10-24-18-5-4-7-21-14-18;/h4-5,7,11-14H,6,8-10H2,1-3H3,(H2,20,22,23);1H. The summed E-state index contributed by atoms with van der Waals surface area (Å²) in [5, 5.41) is 6.57. The highest BCUT2D eigenvalue weighted by molar-refractivity contribution is 14.0. The Morgan fingerprint density at radius 1 is 1.12 bits per heavy atom. The number of nitrogens with zero attached hydrogens (tertiary/aromatic N) is 2. The number of ether oxygens (including phenoxy) is 1. The molecule has 1 aromatic carbocycles. The molecule has 0 radical (unpaired) electrons. The number of benzene rings is 1. The zero-order valence-electron chi connectivity index (χ0n) is 15.1. The lowest BCUT2D eigenvalue weighted by molar-refractivity contribution is 0.320. The summed E-state index contributed by atoms with van der Waals surface area (Å²) in [6.45, 7) is 6.34. The molecule has 25 heavy (non-hydrogen) atoms. The topological polar surface area (TPSA) is 58.5 Å². The van der Waals surface area contributed by atoms with Crippen LogP contribution in [0, 0.1) is 13.8 Å². The Labute approximate surface area is 167 Å². The van der Waals surface area contributed by atoms with Crippen LogP contribution in [0.25, 0.3) is 0 Å². The van der Waals surface area contributed by atoms with Crippen molar-refractivity contribution in [3.63, 3.8) is 0 Å². The summed E-state index contributed by atoms with van der Waals surface area (Å²) in [4.78, 5) is 8.24. The fourth-order valence-corrected chi connectivity index (χ4v) is 2.53. The molecular formula is C19H27IN4O. The van der Waals surface area contributed by atoms with Crippen LogP contribution in [0.1, 0.15) is 16.7 Å². The molecule has 0 bridgehead atoms. The number of halogens is 1. The predicted octanol–water partition coefficient (Wildman–Crippen LogP) is 3.10. The SMILES string of the molecule is CN=C(NCCOc1cccnc1)NCCc1cc(C)cc(C)c1.I. The molecule has 0 spiro atoms. The van der Waals surface area contributed by atoms with Crippen molar-refractivity contribution in [2.45, 2.75) is 20.3 Å². The van der Waals surface area contributed by atoms with E-state index in [1.54, 1.807) is 19.4 Å².